The molecule has 0 aliphatic carbocycles. The summed E-state index contributed by atoms with van der Waals surface area (Å²) in [7, 11) is 2.00. The average Bonchev–Trinajstić information content (AvgIpc) is 2.39. The number of hydrogen-bond donors (Lipinski definition) is 0. The van der Waals surface area contributed by atoms with E-state index < -0.39 is 0 Å². The smallest absolute Gasteiger partial charge is 0.103 e. The maximum atomic E-state index is 9.33. The van der Waals surface area contributed by atoms with Crippen LogP contribution in [0.15, 0.2) is 23.1 Å². The summed E-state index contributed by atoms with van der Waals surface area (Å²) in [6.07, 6.45) is 0. The van der Waals surface area contributed by atoms with Gasteiger partial charge in [0.25, 0.3) is 0 Å². The van der Waals surface area contributed by atoms with Crippen LogP contribution in [-0.2, 0) is 4.74 Å². The van der Waals surface area contributed by atoms with Crippen molar-refractivity contribution in [1.82, 2.24) is 0 Å². The molecule has 18 heavy (non-hydrogen) atoms. The van der Waals surface area contributed by atoms with E-state index in [0.29, 0.717) is 6.61 Å². The number of nitriles is 1. The first-order chi connectivity index (χ1) is 8.74. The van der Waals surface area contributed by atoms with E-state index in [2.05, 4.69) is 17.9 Å². The fourth-order valence-electron chi connectivity index (χ4n) is 1.69. The molecular formula is C14H20N2OS. The van der Waals surface area contributed by atoms with Crippen LogP contribution in [0.25, 0.3) is 0 Å². The number of likely N-dealkylation sites (N-methyl/N-ethyl adjacent to an activating group) is 1. The van der Waals surface area contributed by atoms with Crippen LogP contribution in [0.2, 0.25) is 0 Å². The van der Waals surface area contributed by atoms with Gasteiger partial charge in [-0.3, -0.25) is 0 Å². The molecule has 0 amide bonds. The monoisotopic (exact) mass is 264 g/mol. The first-order valence-corrected chi connectivity index (χ1v) is 7.17. The Morgan fingerprint density at radius 3 is 2.78 bits per heavy atom. The van der Waals surface area contributed by atoms with Crippen molar-refractivity contribution in [3.05, 3.63) is 23.8 Å². The Kier molecular flexibility index (Phi) is 6.63. The van der Waals surface area contributed by atoms with Crippen LogP contribution < -0.4 is 4.90 Å². The number of nitrogens with zero attached hydrogens (tertiary/aromatic N) is 2. The minimum atomic E-state index is 0.684. The van der Waals surface area contributed by atoms with Crippen LogP contribution in [0.4, 0.5) is 5.69 Å². The highest BCUT2D eigenvalue weighted by Crippen LogP contribution is 2.29. The van der Waals surface area contributed by atoms with Crippen molar-refractivity contribution >= 4 is 17.4 Å². The van der Waals surface area contributed by atoms with E-state index in [4.69, 9.17) is 4.74 Å². The summed E-state index contributed by atoms with van der Waals surface area (Å²) >= 11 is 1.71. The number of hydrogen-bond acceptors (Lipinski definition) is 4. The Balaban J connectivity index is 2.87. The molecule has 0 saturated carbocycles. The summed E-state index contributed by atoms with van der Waals surface area (Å²) in [5.74, 6) is 0.973. The van der Waals surface area contributed by atoms with Gasteiger partial charge in [-0.15, -0.1) is 11.8 Å². The zero-order valence-corrected chi connectivity index (χ0v) is 12.1. The second kappa shape index (κ2) is 8.02. The molecule has 0 heterocycles. The maximum Gasteiger partial charge on any atom is 0.103 e. The van der Waals surface area contributed by atoms with Gasteiger partial charge in [-0.1, -0.05) is 13.0 Å². The fraction of sp³-hybridized carbons (Fsp3) is 0.500. The van der Waals surface area contributed by atoms with Crippen LogP contribution >= 0.6 is 11.8 Å². The molecule has 0 N–H and O–H groups in total. The largest absolute Gasteiger partial charge is 0.380 e. The van der Waals surface area contributed by atoms with Gasteiger partial charge in [0.05, 0.1) is 17.9 Å². The zero-order valence-electron chi connectivity index (χ0n) is 11.3. The molecule has 0 aromatic heterocycles. The Hall–Kier alpha value is -1.18. The third kappa shape index (κ3) is 3.94. The molecule has 1 aromatic carbocycles. The Morgan fingerprint density at radius 2 is 2.17 bits per heavy atom. The second-order valence-electron chi connectivity index (χ2n) is 3.81. The van der Waals surface area contributed by atoms with Crippen molar-refractivity contribution in [3.63, 3.8) is 0 Å². The standard InChI is InChI=1S/C14H20N2OS/c1-4-17-10-9-16(3)13-7-6-8-14(18-5-2)12(13)11-15/h6-8H,4-5,9-10H2,1-3H3. The SMILES string of the molecule is CCOCCN(C)c1cccc(SCC)c1C#N. The molecule has 3 nitrogen and oxygen atoms in total. The lowest BCUT2D eigenvalue weighted by Crippen LogP contribution is -2.23. The molecule has 0 radical (unpaired) electrons. The molecule has 0 saturated heterocycles. The van der Waals surface area contributed by atoms with Crippen molar-refractivity contribution in [1.29, 1.82) is 5.26 Å². The number of anilines is 1. The van der Waals surface area contributed by atoms with Crippen LogP contribution in [0.1, 0.15) is 19.4 Å². The Labute approximate surface area is 114 Å². The van der Waals surface area contributed by atoms with Gasteiger partial charge in [-0.05, 0) is 24.8 Å². The van der Waals surface area contributed by atoms with Gasteiger partial charge in [0.15, 0.2) is 0 Å². The second-order valence-corrected chi connectivity index (χ2v) is 5.12. The topological polar surface area (TPSA) is 36.3 Å². The van der Waals surface area contributed by atoms with Gasteiger partial charge in [0, 0.05) is 25.1 Å². The molecule has 0 fully saturated rings. The molecular weight excluding hydrogens is 244 g/mol. The predicted octanol–water partition coefficient (Wildman–Crippen LogP) is 3.14. The Bertz CT molecular complexity index is 415. The maximum absolute atomic E-state index is 9.33. The molecule has 0 bridgehead atoms. The molecule has 98 valence electrons. The number of rotatable bonds is 7. The predicted molar refractivity (Wildman–Crippen MR) is 77.3 cm³/mol. The highest BCUT2D eigenvalue weighted by molar-refractivity contribution is 7.99. The lowest BCUT2D eigenvalue weighted by atomic mass is 10.2. The molecule has 0 unspecified atom stereocenters. The van der Waals surface area contributed by atoms with Gasteiger partial charge in [-0.25, -0.2) is 0 Å². The molecule has 0 spiro atoms. The van der Waals surface area contributed by atoms with Crippen LogP contribution in [0.3, 0.4) is 0 Å². The van der Waals surface area contributed by atoms with Gasteiger partial charge in [0.2, 0.25) is 0 Å². The highest BCUT2D eigenvalue weighted by atomic mass is 32.2. The highest BCUT2D eigenvalue weighted by Gasteiger charge is 2.11. The molecule has 4 heteroatoms. The van der Waals surface area contributed by atoms with Crippen LogP contribution in [-0.4, -0.2) is 32.6 Å². The normalized spacial score (nSPS) is 10.1. The lowest BCUT2D eigenvalue weighted by molar-refractivity contribution is 0.154. The van der Waals surface area contributed by atoms with Crippen molar-refractivity contribution in [3.8, 4) is 6.07 Å². The molecule has 1 rings (SSSR count). The summed E-state index contributed by atoms with van der Waals surface area (Å²) in [6, 6.07) is 8.32. The van der Waals surface area contributed by atoms with E-state index in [0.717, 1.165) is 35.1 Å². The van der Waals surface area contributed by atoms with E-state index >= 15 is 0 Å². The van der Waals surface area contributed by atoms with Crippen LogP contribution in [0, 0.1) is 11.3 Å². The zero-order chi connectivity index (χ0) is 13.4. The number of benzene rings is 1. The van der Waals surface area contributed by atoms with Crippen molar-refractivity contribution < 1.29 is 4.74 Å². The third-order valence-electron chi connectivity index (χ3n) is 2.60. The first-order valence-electron chi connectivity index (χ1n) is 6.19. The Morgan fingerprint density at radius 1 is 1.39 bits per heavy atom. The van der Waals surface area contributed by atoms with Crippen molar-refractivity contribution in [2.45, 2.75) is 18.7 Å². The summed E-state index contributed by atoms with van der Waals surface area (Å²) in [6.45, 7) is 6.28. The van der Waals surface area contributed by atoms with Gasteiger partial charge in [0.1, 0.15) is 6.07 Å². The van der Waals surface area contributed by atoms with E-state index in [1.165, 1.54) is 0 Å². The van der Waals surface area contributed by atoms with Crippen molar-refractivity contribution in [2.24, 2.45) is 0 Å². The fourth-order valence-corrected chi connectivity index (χ4v) is 2.47. The first kappa shape index (κ1) is 14.9. The number of thioether (sulfide) groups is 1. The van der Waals surface area contributed by atoms with E-state index in [-0.39, 0.29) is 0 Å². The molecule has 0 atom stereocenters. The molecule has 1 aromatic rings. The summed E-state index contributed by atoms with van der Waals surface area (Å²) in [5.41, 5.74) is 1.75. The quantitative estimate of drug-likeness (QED) is 0.560. The molecule has 0 aliphatic rings. The minimum absolute atomic E-state index is 0.684. The molecule has 0 aliphatic heterocycles. The third-order valence-corrected chi connectivity index (χ3v) is 3.54. The van der Waals surface area contributed by atoms with E-state index in [1.807, 2.05) is 32.2 Å². The average molecular weight is 264 g/mol. The summed E-state index contributed by atoms with van der Waals surface area (Å²) in [4.78, 5) is 3.13. The number of ether oxygens (including phenoxy) is 1. The lowest BCUT2D eigenvalue weighted by Gasteiger charge is -2.21. The van der Waals surface area contributed by atoms with Gasteiger partial charge in [-0.2, -0.15) is 5.26 Å². The summed E-state index contributed by atoms with van der Waals surface area (Å²) < 4.78 is 5.35. The minimum Gasteiger partial charge on any atom is -0.380 e. The summed E-state index contributed by atoms with van der Waals surface area (Å²) in [5, 5.41) is 9.33. The van der Waals surface area contributed by atoms with Crippen LogP contribution in [0.5, 0.6) is 0 Å². The van der Waals surface area contributed by atoms with E-state index in [9.17, 15) is 5.26 Å². The van der Waals surface area contributed by atoms with E-state index in [1.54, 1.807) is 11.8 Å². The van der Waals surface area contributed by atoms with Gasteiger partial charge < -0.3 is 9.64 Å². The van der Waals surface area contributed by atoms with Crippen molar-refractivity contribution in [2.75, 3.05) is 37.5 Å². The van der Waals surface area contributed by atoms with Gasteiger partial charge >= 0.3 is 0 Å².